The van der Waals surface area contributed by atoms with Crippen molar-refractivity contribution in [1.29, 1.82) is 0 Å². The van der Waals surface area contributed by atoms with Crippen LogP contribution >= 0.6 is 0 Å². The lowest BCUT2D eigenvalue weighted by Gasteiger charge is -2.53. The van der Waals surface area contributed by atoms with Gasteiger partial charge in [0.15, 0.2) is 0 Å². The lowest BCUT2D eigenvalue weighted by molar-refractivity contribution is 0.107. The van der Waals surface area contributed by atoms with Gasteiger partial charge in [0.2, 0.25) is 0 Å². The number of nitrogens with one attached hydrogen (secondary N) is 1. The Labute approximate surface area is 124 Å². The molecule has 110 valence electrons. The van der Waals surface area contributed by atoms with Gasteiger partial charge in [-0.25, -0.2) is 0 Å². The number of rotatable bonds is 1. The second-order valence-corrected chi connectivity index (χ2v) is 7.55. The first-order chi connectivity index (χ1) is 10.2. The quantitative estimate of drug-likeness (QED) is 0.614. The van der Waals surface area contributed by atoms with Crippen LogP contribution in [0.25, 0.3) is 0 Å². The number of hydrogen-bond donors (Lipinski definition) is 2. The molecule has 1 aromatic rings. The Balaban J connectivity index is 1.59. The molecule has 3 N–H and O–H groups in total. The minimum Gasteiger partial charge on any atom is -0.324 e. The molecule has 0 radical (unpaired) electrons. The summed E-state index contributed by atoms with van der Waals surface area (Å²) in [4.78, 5) is 10.8. The van der Waals surface area contributed by atoms with Crippen LogP contribution in [0.5, 0.6) is 0 Å². The largest absolute Gasteiger partial charge is 0.324 e. The summed E-state index contributed by atoms with van der Waals surface area (Å²) >= 11 is 0. The van der Waals surface area contributed by atoms with Crippen molar-refractivity contribution < 1.29 is 0 Å². The molecule has 0 bridgehead atoms. The summed E-state index contributed by atoms with van der Waals surface area (Å²) in [6, 6.07) is 6.68. The average Bonchev–Trinajstić information content (AvgIpc) is 3.07. The fraction of sp³-hybridized carbons (Fsp3) is 0.647. The second-order valence-electron chi connectivity index (χ2n) is 7.55. The highest BCUT2D eigenvalue weighted by Gasteiger charge is 2.70. The Bertz CT molecular complexity index is 645. The van der Waals surface area contributed by atoms with Gasteiger partial charge < -0.3 is 11.1 Å². The van der Waals surface area contributed by atoms with E-state index in [1.165, 1.54) is 36.8 Å². The molecule has 3 fully saturated rings. The SMILES string of the molecule is NC12CCc3cc(N=O)ccc3C1CCC13NC1CCC23. The van der Waals surface area contributed by atoms with Gasteiger partial charge in [0, 0.05) is 23.0 Å². The molecule has 1 aromatic carbocycles. The zero-order chi connectivity index (χ0) is 14.2. The third-order valence-electron chi connectivity index (χ3n) is 6.93. The van der Waals surface area contributed by atoms with Gasteiger partial charge >= 0.3 is 0 Å². The number of hydrogen-bond acceptors (Lipinski definition) is 4. The fourth-order valence-corrected chi connectivity index (χ4v) is 5.96. The number of nitrogens with two attached hydrogens (primary N) is 1. The van der Waals surface area contributed by atoms with E-state index in [0.717, 1.165) is 18.9 Å². The number of fused-ring (bicyclic) bond motifs is 4. The van der Waals surface area contributed by atoms with Gasteiger partial charge in [0.05, 0.1) is 0 Å². The molecular formula is C17H21N3O. The van der Waals surface area contributed by atoms with Crippen LogP contribution in [0, 0.1) is 10.8 Å². The van der Waals surface area contributed by atoms with Crippen LogP contribution in [0.3, 0.4) is 0 Å². The Morgan fingerprint density at radius 1 is 1.24 bits per heavy atom. The summed E-state index contributed by atoms with van der Waals surface area (Å²) in [5, 5.41) is 6.83. The van der Waals surface area contributed by atoms with Crippen LogP contribution in [-0.2, 0) is 6.42 Å². The molecule has 5 unspecified atom stereocenters. The number of aryl methyl sites for hydroxylation is 1. The third kappa shape index (κ3) is 1.38. The van der Waals surface area contributed by atoms with Gasteiger partial charge in [0.1, 0.15) is 5.69 Å². The third-order valence-corrected chi connectivity index (χ3v) is 6.93. The van der Waals surface area contributed by atoms with E-state index in [4.69, 9.17) is 5.73 Å². The maximum absolute atomic E-state index is 10.8. The molecule has 0 aromatic heterocycles. The summed E-state index contributed by atoms with van der Waals surface area (Å²) < 4.78 is 0. The highest BCUT2D eigenvalue weighted by Crippen LogP contribution is 2.62. The monoisotopic (exact) mass is 283 g/mol. The zero-order valence-electron chi connectivity index (χ0n) is 12.1. The topological polar surface area (TPSA) is 77.4 Å². The normalized spacial score (nSPS) is 46.0. The predicted molar refractivity (Wildman–Crippen MR) is 81.5 cm³/mol. The highest BCUT2D eigenvalue weighted by atomic mass is 16.3. The maximum Gasteiger partial charge on any atom is 0.108 e. The first-order valence-corrected chi connectivity index (χ1v) is 8.20. The van der Waals surface area contributed by atoms with Crippen LogP contribution in [0.4, 0.5) is 5.69 Å². The number of nitroso groups, excluding NO2 is 1. The molecule has 1 saturated heterocycles. The molecule has 21 heavy (non-hydrogen) atoms. The van der Waals surface area contributed by atoms with E-state index in [-0.39, 0.29) is 5.54 Å². The molecule has 1 aliphatic heterocycles. The molecule has 0 amide bonds. The van der Waals surface area contributed by atoms with Gasteiger partial charge in [-0.05, 0) is 72.9 Å². The minimum atomic E-state index is -0.0559. The Hall–Kier alpha value is -1.26. The van der Waals surface area contributed by atoms with Crippen molar-refractivity contribution in [1.82, 2.24) is 5.32 Å². The Kier molecular flexibility index (Phi) is 2.19. The summed E-state index contributed by atoms with van der Waals surface area (Å²) in [5.74, 6) is 1.09. The van der Waals surface area contributed by atoms with Gasteiger partial charge in [0.25, 0.3) is 0 Å². The fourth-order valence-electron chi connectivity index (χ4n) is 5.96. The van der Waals surface area contributed by atoms with Crippen molar-refractivity contribution in [3.63, 3.8) is 0 Å². The first-order valence-electron chi connectivity index (χ1n) is 8.20. The summed E-state index contributed by atoms with van der Waals surface area (Å²) in [5.41, 5.74) is 10.6. The maximum atomic E-state index is 10.8. The van der Waals surface area contributed by atoms with Crippen LogP contribution < -0.4 is 11.1 Å². The smallest absolute Gasteiger partial charge is 0.108 e. The van der Waals surface area contributed by atoms with Crippen LogP contribution in [0.15, 0.2) is 23.4 Å². The van der Waals surface area contributed by atoms with E-state index in [1.54, 1.807) is 0 Å². The molecule has 5 atom stereocenters. The van der Waals surface area contributed by atoms with Gasteiger partial charge in [-0.15, -0.1) is 4.91 Å². The molecule has 4 aliphatic rings. The van der Waals surface area contributed by atoms with Crippen LogP contribution in [0.1, 0.15) is 49.1 Å². The first kappa shape index (κ1) is 12.3. The average molecular weight is 283 g/mol. The van der Waals surface area contributed by atoms with Crippen molar-refractivity contribution in [2.24, 2.45) is 16.8 Å². The van der Waals surface area contributed by atoms with E-state index in [9.17, 15) is 4.91 Å². The van der Waals surface area contributed by atoms with Crippen LogP contribution in [0.2, 0.25) is 0 Å². The number of nitrogens with zero attached hydrogens (tertiary/aromatic N) is 1. The molecule has 5 rings (SSSR count). The minimum absolute atomic E-state index is 0.0559. The van der Waals surface area contributed by atoms with Crippen molar-refractivity contribution in [2.75, 3.05) is 0 Å². The van der Waals surface area contributed by atoms with Crippen molar-refractivity contribution in [2.45, 2.75) is 61.6 Å². The van der Waals surface area contributed by atoms with E-state index in [2.05, 4.69) is 16.6 Å². The summed E-state index contributed by atoms with van der Waals surface area (Å²) in [7, 11) is 0. The van der Waals surface area contributed by atoms with Gasteiger partial charge in [-0.1, -0.05) is 6.07 Å². The zero-order valence-corrected chi connectivity index (χ0v) is 12.1. The molecule has 1 spiro atoms. The van der Waals surface area contributed by atoms with E-state index >= 15 is 0 Å². The van der Waals surface area contributed by atoms with E-state index in [1.807, 2.05) is 12.1 Å². The summed E-state index contributed by atoms with van der Waals surface area (Å²) in [6.45, 7) is 0. The molecule has 1 heterocycles. The highest BCUT2D eigenvalue weighted by molar-refractivity contribution is 5.49. The van der Waals surface area contributed by atoms with E-state index in [0.29, 0.717) is 23.1 Å². The van der Waals surface area contributed by atoms with Crippen molar-refractivity contribution in [3.8, 4) is 0 Å². The van der Waals surface area contributed by atoms with Crippen molar-refractivity contribution >= 4 is 5.69 Å². The number of piperidine rings is 1. The molecule has 4 heteroatoms. The lowest BCUT2D eigenvalue weighted by atomic mass is 9.55. The Morgan fingerprint density at radius 3 is 2.95 bits per heavy atom. The van der Waals surface area contributed by atoms with Gasteiger partial charge in [-0.3, -0.25) is 0 Å². The number of benzene rings is 1. The molecule has 2 saturated carbocycles. The standard InChI is InChI=1S/C17H21N3O/c18-16-7-5-10-9-11(20-21)1-2-12(10)13(16)6-8-17-14(16)3-4-15(17)19-17/h1-2,9,13-15,19H,3-8,18H2. The predicted octanol–water partition coefficient (Wildman–Crippen LogP) is 2.73. The second kappa shape index (κ2) is 3.73. The van der Waals surface area contributed by atoms with E-state index < -0.39 is 0 Å². The summed E-state index contributed by atoms with van der Waals surface area (Å²) in [6.07, 6.45) is 7.07. The lowest BCUT2D eigenvalue weighted by Crippen LogP contribution is -2.61. The van der Waals surface area contributed by atoms with Crippen molar-refractivity contribution in [3.05, 3.63) is 34.2 Å². The Morgan fingerprint density at radius 2 is 2.14 bits per heavy atom. The van der Waals surface area contributed by atoms with Crippen LogP contribution in [-0.4, -0.2) is 17.1 Å². The molecule has 3 aliphatic carbocycles. The molecular weight excluding hydrogens is 262 g/mol. The van der Waals surface area contributed by atoms with Gasteiger partial charge in [-0.2, -0.15) is 0 Å². The molecule has 4 nitrogen and oxygen atoms in total.